The summed E-state index contributed by atoms with van der Waals surface area (Å²) in [6.07, 6.45) is 3.94. The predicted molar refractivity (Wildman–Crippen MR) is 99.3 cm³/mol. The molecule has 2 N–H and O–H groups in total. The number of nitrogens with two attached hydrogens (primary N) is 1. The number of methoxy groups -OCH3 is 1. The molecule has 0 bridgehead atoms. The smallest absolute Gasteiger partial charge is 0.249 e. The van der Waals surface area contributed by atoms with E-state index in [0.29, 0.717) is 27.9 Å². The van der Waals surface area contributed by atoms with Crippen LogP contribution in [-0.4, -0.2) is 24.2 Å². The van der Waals surface area contributed by atoms with Gasteiger partial charge >= 0.3 is 0 Å². The van der Waals surface area contributed by atoms with Crippen LogP contribution in [-0.2, 0) is 21.3 Å². The van der Waals surface area contributed by atoms with E-state index in [1.54, 1.807) is 19.1 Å². The van der Waals surface area contributed by atoms with Gasteiger partial charge in [0.2, 0.25) is 10.0 Å². The third-order valence-electron chi connectivity index (χ3n) is 4.43. The van der Waals surface area contributed by atoms with Crippen molar-refractivity contribution < 1.29 is 13.2 Å². The first-order chi connectivity index (χ1) is 11.4. The van der Waals surface area contributed by atoms with Crippen LogP contribution in [0.5, 0.6) is 0 Å². The fraction of sp³-hybridized carbons (Fsp3) is 0.294. The number of halogens is 1. The molecule has 1 aliphatic rings. The van der Waals surface area contributed by atoms with Gasteiger partial charge in [-0.1, -0.05) is 24.3 Å². The monoisotopic (exact) mass is 410 g/mol. The second kappa shape index (κ2) is 6.06. The number of rotatable bonds is 4. The van der Waals surface area contributed by atoms with Crippen molar-refractivity contribution in [1.29, 1.82) is 0 Å². The number of hydrogen-bond donors (Lipinski definition) is 1. The molecule has 0 aliphatic heterocycles. The van der Waals surface area contributed by atoms with Crippen LogP contribution in [0.15, 0.2) is 52.7 Å². The first kappa shape index (κ1) is 17.3. The molecule has 0 fully saturated rings. The summed E-state index contributed by atoms with van der Waals surface area (Å²) in [5.74, 6) is 0.512. The zero-order valence-corrected chi connectivity index (χ0v) is 15.9. The molecule has 2 aromatic rings. The minimum absolute atomic E-state index is 0.137. The second-order valence-electron chi connectivity index (χ2n) is 5.89. The number of fused-ring (bicyclic) bond motifs is 1. The van der Waals surface area contributed by atoms with E-state index >= 15 is 0 Å². The average Bonchev–Trinajstić information content (AvgIpc) is 2.96. The van der Waals surface area contributed by atoms with E-state index in [2.05, 4.69) is 15.9 Å². The topological polar surface area (TPSA) is 74.3 Å². The maximum atomic E-state index is 13.6. The lowest BCUT2D eigenvalue weighted by molar-refractivity contribution is 0.300. The van der Waals surface area contributed by atoms with E-state index in [-0.39, 0.29) is 6.54 Å². The van der Waals surface area contributed by atoms with Crippen molar-refractivity contribution in [2.24, 2.45) is 5.73 Å². The van der Waals surface area contributed by atoms with Crippen LogP contribution in [0.4, 0.5) is 0 Å². The summed E-state index contributed by atoms with van der Waals surface area (Å²) in [4.78, 5) is 0. The Morgan fingerprint density at radius 1 is 1.38 bits per heavy atom. The van der Waals surface area contributed by atoms with Crippen molar-refractivity contribution >= 4 is 36.9 Å². The fourth-order valence-electron chi connectivity index (χ4n) is 3.00. The summed E-state index contributed by atoms with van der Waals surface area (Å²) >= 11 is 3.45. The van der Waals surface area contributed by atoms with Crippen molar-refractivity contribution in [2.45, 2.75) is 24.6 Å². The Kier molecular flexibility index (Phi) is 4.36. The Hall–Kier alpha value is -1.57. The summed E-state index contributed by atoms with van der Waals surface area (Å²) in [5, 5.41) is 0.851. The molecule has 0 spiro atoms. The van der Waals surface area contributed by atoms with Gasteiger partial charge in [-0.15, -0.1) is 0 Å². The molecule has 3 rings (SSSR count). The van der Waals surface area contributed by atoms with Crippen LogP contribution >= 0.6 is 15.9 Å². The van der Waals surface area contributed by atoms with Crippen LogP contribution in [0.3, 0.4) is 0 Å². The summed E-state index contributed by atoms with van der Waals surface area (Å²) < 4.78 is 33.2. The predicted octanol–water partition coefficient (Wildman–Crippen LogP) is 3.25. The number of allylic oxidation sites excluding steroid dienone is 2. The molecule has 1 aromatic carbocycles. The van der Waals surface area contributed by atoms with Crippen molar-refractivity contribution in [1.82, 2.24) is 3.97 Å². The zero-order chi connectivity index (χ0) is 17.5. The number of hydrogen-bond acceptors (Lipinski definition) is 4. The normalized spacial score (nSPS) is 21.5. The molecular weight excluding hydrogens is 392 g/mol. The van der Waals surface area contributed by atoms with Crippen molar-refractivity contribution in [3.8, 4) is 0 Å². The zero-order valence-electron chi connectivity index (χ0n) is 13.5. The van der Waals surface area contributed by atoms with E-state index in [1.807, 2.05) is 30.3 Å². The molecule has 1 aromatic heterocycles. The summed E-state index contributed by atoms with van der Waals surface area (Å²) in [6, 6.07) is 9.20. The highest BCUT2D eigenvalue weighted by Crippen LogP contribution is 2.42. The molecule has 1 aliphatic carbocycles. The molecule has 5 nitrogen and oxygen atoms in total. The van der Waals surface area contributed by atoms with Crippen LogP contribution < -0.4 is 5.73 Å². The number of nitrogens with zero attached hydrogens (tertiary/aromatic N) is 1. The van der Waals surface area contributed by atoms with Gasteiger partial charge in [-0.25, -0.2) is 12.4 Å². The van der Waals surface area contributed by atoms with E-state index in [0.717, 1.165) is 5.39 Å². The molecule has 1 atom stereocenters. The van der Waals surface area contributed by atoms with Crippen LogP contribution in [0.1, 0.15) is 19.0 Å². The summed E-state index contributed by atoms with van der Waals surface area (Å²) in [6.45, 7) is 1.84. The Morgan fingerprint density at radius 3 is 2.75 bits per heavy atom. The fourth-order valence-corrected chi connectivity index (χ4v) is 5.97. The number of para-hydroxylation sites is 1. The van der Waals surface area contributed by atoms with E-state index < -0.39 is 14.8 Å². The molecule has 128 valence electrons. The SMILES string of the molecule is COC1=C(Br)C(C)(S(=O)(=O)n2c(CN)cc3ccccc32)CC=C1. The lowest BCUT2D eigenvalue weighted by Crippen LogP contribution is -2.42. The first-order valence-electron chi connectivity index (χ1n) is 7.52. The Bertz CT molecular complexity index is 959. The largest absolute Gasteiger partial charge is 0.496 e. The molecule has 0 saturated carbocycles. The quantitative estimate of drug-likeness (QED) is 0.838. The minimum atomic E-state index is -3.78. The highest BCUT2D eigenvalue weighted by Gasteiger charge is 2.46. The van der Waals surface area contributed by atoms with E-state index in [1.165, 1.54) is 11.1 Å². The molecule has 1 unspecified atom stereocenters. The van der Waals surface area contributed by atoms with Gasteiger partial charge in [0, 0.05) is 17.6 Å². The van der Waals surface area contributed by atoms with Gasteiger partial charge < -0.3 is 10.5 Å². The maximum absolute atomic E-state index is 13.6. The highest BCUT2D eigenvalue weighted by atomic mass is 79.9. The lowest BCUT2D eigenvalue weighted by atomic mass is 10.0. The Balaban J connectivity index is 2.30. The standard InChI is InChI=1S/C17H19BrN2O3S/c1-17(9-5-8-15(23-2)16(17)18)24(21,22)20-13(11-19)10-12-6-3-4-7-14(12)20/h3-8,10H,9,11,19H2,1-2H3. The summed E-state index contributed by atoms with van der Waals surface area (Å²) in [5.41, 5.74) is 7.02. The number of aromatic nitrogens is 1. The van der Waals surface area contributed by atoms with E-state index in [4.69, 9.17) is 10.5 Å². The lowest BCUT2D eigenvalue weighted by Gasteiger charge is -2.32. The molecule has 1 heterocycles. The molecule has 0 amide bonds. The van der Waals surface area contributed by atoms with Gasteiger partial charge in [-0.05, 0) is 47.5 Å². The van der Waals surface area contributed by atoms with Gasteiger partial charge in [0.05, 0.1) is 17.1 Å². The Labute approximate surface area is 150 Å². The second-order valence-corrected chi connectivity index (χ2v) is 8.90. The van der Waals surface area contributed by atoms with Crippen LogP contribution in [0.2, 0.25) is 0 Å². The molecule has 0 radical (unpaired) electrons. The van der Waals surface area contributed by atoms with Crippen molar-refractivity contribution in [2.75, 3.05) is 7.11 Å². The number of benzene rings is 1. The molecule has 24 heavy (non-hydrogen) atoms. The van der Waals surface area contributed by atoms with Gasteiger partial charge in [-0.2, -0.15) is 0 Å². The van der Waals surface area contributed by atoms with Gasteiger partial charge in [-0.3, -0.25) is 0 Å². The first-order valence-corrected chi connectivity index (χ1v) is 9.75. The van der Waals surface area contributed by atoms with Crippen molar-refractivity contribution in [3.63, 3.8) is 0 Å². The third kappa shape index (κ3) is 2.34. The Morgan fingerprint density at radius 2 is 2.08 bits per heavy atom. The average molecular weight is 411 g/mol. The molecular formula is C17H19BrN2O3S. The van der Waals surface area contributed by atoms with Crippen LogP contribution in [0, 0.1) is 0 Å². The minimum Gasteiger partial charge on any atom is -0.496 e. The third-order valence-corrected chi connectivity index (χ3v) is 8.38. The van der Waals surface area contributed by atoms with Crippen molar-refractivity contribution in [3.05, 3.63) is 58.4 Å². The summed E-state index contributed by atoms with van der Waals surface area (Å²) in [7, 11) is -2.26. The molecule has 7 heteroatoms. The van der Waals surface area contributed by atoms with E-state index in [9.17, 15) is 8.42 Å². The maximum Gasteiger partial charge on any atom is 0.249 e. The van der Waals surface area contributed by atoms with Gasteiger partial charge in [0.1, 0.15) is 10.5 Å². The van der Waals surface area contributed by atoms with Gasteiger partial charge in [0.15, 0.2) is 0 Å². The van der Waals surface area contributed by atoms with Gasteiger partial charge in [0.25, 0.3) is 0 Å². The highest BCUT2D eigenvalue weighted by molar-refractivity contribution is 9.12. The number of ether oxygens (including phenoxy) is 1. The molecule has 0 saturated heterocycles. The van der Waals surface area contributed by atoms with Crippen LogP contribution in [0.25, 0.3) is 10.9 Å².